The van der Waals surface area contributed by atoms with Crippen LogP contribution >= 0.6 is 0 Å². The van der Waals surface area contributed by atoms with Crippen molar-refractivity contribution in [2.24, 2.45) is 0 Å². The molecular weight excluding hydrogens is 474 g/mol. The van der Waals surface area contributed by atoms with Gasteiger partial charge in [-0.2, -0.15) is 0 Å². The van der Waals surface area contributed by atoms with Crippen molar-refractivity contribution < 1.29 is 4.42 Å². The molecule has 9 rings (SSSR count). The quantitative estimate of drug-likeness (QED) is 0.212. The molecule has 0 unspecified atom stereocenters. The highest BCUT2D eigenvalue weighted by Gasteiger charge is 2.17. The molecule has 2 aromatic heterocycles. The van der Waals surface area contributed by atoms with Gasteiger partial charge in [0.05, 0.1) is 5.69 Å². The summed E-state index contributed by atoms with van der Waals surface area (Å²) in [6.45, 7) is 0. The first-order chi connectivity index (χ1) is 19.3. The molecular formula is C37H21NO. The molecule has 2 heterocycles. The molecule has 180 valence electrons. The molecule has 0 fully saturated rings. The third-order valence-electron chi connectivity index (χ3n) is 8.23. The molecule has 0 spiro atoms. The first-order valence-electron chi connectivity index (χ1n) is 13.3. The molecule has 0 atom stereocenters. The molecule has 0 aliphatic rings. The minimum Gasteiger partial charge on any atom is -0.454 e. The van der Waals surface area contributed by atoms with Crippen LogP contribution in [0.2, 0.25) is 0 Å². The number of hydrogen-bond donors (Lipinski definition) is 0. The van der Waals surface area contributed by atoms with Crippen molar-refractivity contribution in [1.82, 2.24) is 4.98 Å². The standard InChI is InChI=1S/C37H21NO/c1-2-11-25-23(9-1)24-10-3-4-12-26(24)33-21-22(17-18-28(25)33)35-30-15-6-5-13-27(30)31-19-20-32-29-14-7-8-16-34(29)39-37(32)36(31)38-35/h1-21H. The Labute approximate surface area is 223 Å². The molecule has 2 nitrogen and oxygen atoms in total. The minimum atomic E-state index is 0.845. The first kappa shape index (κ1) is 20.8. The van der Waals surface area contributed by atoms with Crippen molar-refractivity contribution in [2.75, 3.05) is 0 Å². The molecule has 2 heteroatoms. The Bertz CT molecular complexity index is 2410. The predicted octanol–water partition coefficient (Wildman–Crippen LogP) is 10.4. The summed E-state index contributed by atoms with van der Waals surface area (Å²) >= 11 is 0. The number of nitrogens with zero attached hydrogens (tertiary/aromatic N) is 1. The molecule has 0 radical (unpaired) electrons. The number of furan rings is 1. The molecule has 0 aliphatic heterocycles. The van der Waals surface area contributed by atoms with E-state index in [1.807, 2.05) is 12.1 Å². The summed E-state index contributed by atoms with van der Waals surface area (Å²) in [5.41, 5.74) is 4.72. The number of hydrogen-bond acceptors (Lipinski definition) is 2. The summed E-state index contributed by atoms with van der Waals surface area (Å²) in [5.74, 6) is 0. The maximum Gasteiger partial charge on any atom is 0.161 e. The van der Waals surface area contributed by atoms with Gasteiger partial charge in [-0.15, -0.1) is 0 Å². The average Bonchev–Trinajstić information content (AvgIpc) is 3.40. The van der Waals surface area contributed by atoms with Gasteiger partial charge in [-0.25, -0.2) is 4.98 Å². The third kappa shape index (κ3) is 2.83. The number of para-hydroxylation sites is 1. The van der Waals surface area contributed by atoms with Crippen molar-refractivity contribution >= 4 is 75.9 Å². The molecule has 39 heavy (non-hydrogen) atoms. The Kier molecular flexibility index (Phi) is 4.08. The van der Waals surface area contributed by atoms with Gasteiger partial charge in [0.1, 0.15) is 11.1 Å². The highest BCUT2D eigenvalue weighted by Crippen LogP contribution is 2.41. The lowest BCUT2D eigenvalue weighted by atomic mass is 9.92. The zero-order valence-corrected chi connectivity index (χ0v) is 21.0. The number of rotatable bonds is 1. The van der Waals surface area contributed by atoms with Crippen molar-refractivity contribution in [2.45, 2.75) is 0 Å². The van der Waals surface area contributed by atoms with Crippen molar-refractivity contribution in [1.29, 1.82) is 0 Å². The Morgan fingerprint density at radius 1 is 0.385 bits per heavy atom. The largest absolute Gasteiger partial charge is 0.454 e. The molecule has 7 aromatic carbocycles. The maximum absolute atomic E-state index is 6.42. The minimum absolute atomic E-state index is 0.845. The predicted molar refractivity (Wildman–Crippen MR) is 164 cm³/mol. The van der Waals surface area contributed by atoms with Gasteiger partial charge in [0.25, 0.3) is 0 Å². The van der Waals surface area contributed by atoms with E-state index in [0.717, 1.165) is 49.5 Å². The summed E-state index contributed by atoms with van der Waals surface area (Å²) in [6.07, 6.45) is 0. The molecule has 0 N–H and O–H groups in total. The second-order valence-electron chi connectivity index (χ2n) is 10.3. The Morgan fingerprint density at radius 3 is 1.56 bits per heavy atom. The fraction of sp³-hybridized carbons (Fsp3) is 0. The van der Waals surface area contributed by atoms with E-state index in [1.165, 1.54) is 37.7 Å². The van der Waals surface area contributed by atoms with Crippen LogP contribution in [0.25, 0.3) is 87.2 Å². The maximum atomic E-state index is 6.42. The average molecular weight is 496 g/mol. The Morgan fingerprint density at radius 2 is 0.872 bits per heavy atom. The van der Waals surface area contributed by atoms with Crippen molar-refractivity contribution in [3.05, 3.63) is 127 Å². The van der Waals surface area contributed by atoms with Gasteiger partial charge >= 0.3 is 0 Å². The van der Waals surface area contributed by atoms with Crippen LogP contribution in [0, 0.1) is 0 Å². The third-order valence-corrected chi connectivity index (χ3v) is 8.23. The van der Waals surface area contributed by atoms with Crippen molar-refractivity contribution in [3.63, 3.8) is 0 Å². The second-order valence-corrected chi connectivity index (χ2v) is 10.3. The van der Waals surface area contributed by atoms with E-state index in [2.05, 4.69) is 115 Å². The van der Waals surface area contributed by atoms with Crippen LogP contribution in [0.5, 0.6) is 0 Å². The van der Waals surface area contributed by atoms with Crippen LogP contribution in [0.15, 0.2) is 132 Å². The lowest BCUT2D eigenvalue weighted by molar-refractivity contribution is 0.672. The number of fused-ring (bicyclic) bond motifs is 13. The molecule has 0 saturated heterocycles. The SMILES string of the molecule is c1ccc2c(c1)oc1c2ccc2c3ccccc3c(-c3ccc4c5ccccc5c5ccccc5c4c3)nc21. The van der Waals surface area contributed by atoms with Gasteiger partial charge in [-0.1, -0.05) is 109 Å². The topological polar surface area (TPSA) is 26.0 Å². The fourth-order valence-electron chi connectivity index (χ4n) is 6.47. The van der Waals surface area contributed by atoms with Gasteiger partial charge in [-0.3, -0.25) is 0 Å². The zero-order valence-electron chi connectivity index (χ0n) is 21.0. The summed E-state index contributed by atoms with van der Waals surface area (Å²) in [4.78, 5) is 5.35. The van der Waals surface area contributed by atoms with Gasteiger partial charge in [0.15, 0.2) is 5.58 Å². The van der Waals surface area contributed by atoms with Crippen molar-refractivity contribution in [3.8, 4) is 11.3 Å². The second kappa shape index (κ2) is 7.66. The monoisotopic (exact) mass is 495 g/mol. The van der Waals surface area contributed by atoms with E-state index in [1.54, 1.807) is 0 Å². The normalized spacial score (nSPS) is 12.1. The lowest BCUT2D eigenvalue weighted by Gasteiger charge is -2.14. The van der Waals surface area contributed by atoms with Crippen LogP contribution in [-0.4, -0.2) is 4.98 Å². The van der Waals surface area contributed by atoms with E-state index < -0.39 is 0 Å². The molecule has 0 amide bonds. The number of benzene rings is 7. The molecule has 0 aliphatic carbocycles. The van der Waals surface area contributed by atoms with Gasteiger partial charge in [0, 0.05) is 27.1 Å². The molecule has 0 bridgehead atoms. The van der Waals surface area contributed by atoms with Gasteiger partial charge < -0.3 is 4.42 Å². The first-order valence-corrected chi connectivity index (χ1v) is 13.3. The van der Waals surface area contributed by atoms with Crippen LogP contribution in [-0.2, 0) is 0 Å². The van der Waals surface area contributed by atoms with Gasteiger partial charge in [-0.05, 0) is 55.9 Å². The van der Waals surface area contributed by atoms with E-state index in [-0.39, 0.29) is 0 Å². The van der Waals surface area contributed by atoms with Crippen LogP contribution in [0.3, 0.4) is 0 Å². The Hall–Kier alpha value is -5.21. The lowest BCUT2D eigenvalue weighted by Crippen LogP contribution is -1.91. The highest BCUT2D eigenvalue weighted by atomic mass is 16.3. The zero-order chi connectivity index (χ0) is 25.5. The van der Waals surface area contributed by atoms with E-state index in [0.29, 0.717) is 0 Å². The number of pyridine rings is 1. The summed E-state index contributed by atoms with van der Waals surface area (Å²) in [7, 11) is 0. The van der Waals surface area contributed by atoms with E-state index in [4.69, 9.17) is 9.40 Å². The van der Waals surface area contributed by atoms with Crippen LogP contribution in [0.1, 0.15) is 0 Å². The van der Waals surface area contributed by atoms with Crippen LogP contribution in [0.4, 0.5) is 0 Å². The van der Waals surface area contributed by atoms with E-state index in [9.17, 15) is 0 Å². The number of aromatic nitrogens is 1. The summed E-state index contributed by atoms with van der Waals surface area (Å²) in [6, 6.07) is 45.4. The molecule has 0 saturated carbocycles. The van der Waals surface area contributed by atoms with Crippen LogP contribution < -0.4 is 0 Å². The smallest absolute Gasteiger partial charge is 0.161 e. The fourth-order valence-corrected chi connectivity index (χ4v) is 6.47. The Balaban J connectivity index is 1.43. The van der Waals surface area contributed by atoms with Gasteiger partial charge in [0.2, 0.25) is 0 Å². The highest BCUT2D eigenvalue weighted by molar-refractivity contribution is 6.26. The van der Waals surface area contributed by atoms with E-state index >= 15 is 0 Å². The summed E-state index contributed by atoms with van der Waals surface area (Å²) in [5, 5.41) is 13.3. The summed E-state index contributed by atoms with van der Waals surface area (Å²) < 4.78 is 6.42. The molecule has 9 aromatic rings.